The van der Waals surface area contributed by atoms with Gasteiger partial charge in [-0.3, -0.25) is 0 Å². The maximum absolute atomic E-state index is 12.9. The number of aliphatic hydroxyl groups is 1. The predicted octanol–water partition coefficient (Wildman–Crippen LogP) is 2.12. The van der Waals surface area contributed by atoms with Crippen LogP contribution < -0.4 is 4.74 Å². The lowest BCUT2D eigenvalue weighted by Gasteiger charge is -2.28. The molecule has 1 aromatic carbocycles. The van der Waals surface area contributed by atoms with Gasteiger partial charge >= 0.3 is 0 Å². The molecule has 0 bridgehead atoms. The third-order valence-electron chi connectivity index (χ3n) is 2.59. The molecule has 2 atom stereocenters. The van der Waals surface area contributed by atoms with Crippen LogP contribution in [0.3, 0.4) is 0 Å². The molecule has 1 heterocycles. The van der Waals surface area contributed by atoms with E-state index in [4.69, 9.17) is 16.3 Å². The van der Waals surface area contributed by atoms with Crippen molar-refractivity contribution in [3.05, 3.63) is 29.6 Å². The zero-order chi connectivity index (χ0) is 10.8. The third-order valence-corrected chi connectivity index (χ3v) is 2.90. The second-order valence-corrected chi connectivity index (χ2v) is 3.98. The number of hydrogen-bond acceptors (Lipinski definition) is 2. The molecule has 1 aromatic rings. The fourth-order valence-electron chi connectivity index (χ4n) is 1.75. The van der Waals surface area contributed by atoms with Crippen molar-refractivity contribution in [1.82, 2.24) is 0 Å². The lowest BCUT2D eigenvalue weighted by atomic mass is 9.99. The Hall–Kier alpha value is -0.800. The van der Waals surface area contributed by atoms with Crippen LogP contribution in [0.2, 0.25) is 0 Å². The fourth-order valence-corrected chi connectivity index (χ4v) is 1.95. The number of aliphatic hydroxyl groups excluding tert-OH is 1. The van der Waals surface area contributed by atoms with Crippen molar-refractivity contribution in [2.75, 3.05) is 5.88 Å². The molecule has 0 amide bonds. The zero-order valence-electron chi connectivity index (χ0n) is 8.12. The highest BCUT2D eigenvalue weighted by atomic mass is 35.5. The number of halogens is 2. The molecule has 0 saturated carbocycles. The number of ether oxygens (including phenoxy) is 1. The summed E-state index contributed by atoms with van der Waals surface area (Å²) in [5, 5.41) is 9.53. The van der Waals surface area contributed by atoms with Crippen LogP contribution in [0.15, 0.2) is 18.2 Å². The summed E-state index contributed by atoms with van der Waals surface area (Å²) in [7, 11) is 0. The average molecular weight is 231 g/mol. The van der Waals surface area contributed by atoms with Gasteiger partial charge in [0.1, 0.15) is 23.8 Å². The van der Waals surface area contributed by atoms with Gasteiger partial charge in [-0.25, -0.2) is 4.39 Å². The summed E-state index contributed by atoms with van der Waals surface area (Å²) in [4.78, 5) is 0. The number of rotatable bonds is 2. The lowest BCUT2D eigenvalue weighted by Crippen LogP contribution is -2.36. The van der Waals surface area contributed by atoms with Gasteiger partial charge in [-0.1, -0.05) is 0 Å². The van der Waals surface area contributed by atoms with Crippen LogP contribution in [0.5, 0.6) is 5.75 Å². The molecular formula is C11H12ClFO2. The number of aryl methyl sites for hydroxylation is 1. The van der Waals surface area contributed by atoms with Gasteiger partial charge < -0.3 is 9.84 Å². The highest BCUT2D eigenvalue weighted by Gasteiger charge is 2.25. The number of alkyl halides is 1. The van der Waals surface area contributed by atoms with Crippen molar-refractivity contribution < 1.29 is 14.2 Å². The Bertz CT molecular complexity index is 356. The van der Waals surface area contributed by atoms with E-state index < -0.39 is 6.10 Å². The average Bonchev–Trinajstić information content (AvgIpc) is 2.27. The van der Waals surface area contributed by atoms with Crippen molar-refractivity contribution in [3.8, 4) is 5.75 Å². The van der Waals surface area contributed by atoms with Crippen LogP contribution in [0.25, 0.3) is 0 Å². The second-order valence-electron chi connectivity index (χ2n) is 3.67. The van der Waals surface area contributed by atoms with Gasteiger partial charge in [-0.2, -0.15) is 0 Å². The molecule has 82 valence electrons. The van der Waals surface area contributed by atoms with E-state index in [2.05, 4.69) is 0 Å². The van der Waals surface area contributed by atoms with Crippen molar-refractivity contribution >= 4 is 11.6 Å². The molecule has 1 N–H and O–H groups in total. The fraction of sp³-hybridized carbons (Fsp3) is 0.455. The molecule has 0 radical (unpaired) electrons. The van der Waals surface area contributed by atoms with E-state index in [0.717, 1.165) is 5.56 Å². The van der Waals surface area contributed by atoms with E-state index in [-0.39, 0.29) is 17.8 Å². The van der Waals surface area contributed by atoms with Crippen LogP contribution in [0.1, 0.15) is 12.0 Å². The van der Waals surface area contributed by atoms with Gasteiger partial charge in [0.15, 0.2) is 0 Å². The molecule has 15 heavy (non-hydrogen) atoms. The summed E-state index contributed by atoms with van der Waals surface area (Å²) in [6, 6.07) is 4.42. The van der Waals surface area contributed by atoms with E-state index in [1.165, 1.54) is 12.1 Å². The first-order chi connectivity index (χ1) is 7.20. The summed E-state index contributed by atoms with van der Waals surface area (Å²) in [6.07, 6.45) is 0.445. The predicted molar refractivity (Wildman–Crippen MR) is 55.9 cm³/mol. The SMILES string of the molecule is O[C@@H](CCl)C1CCc2cc(F)ccc2O1. The molecule has 0 saturated heterocycles. The lowest BCUT2D eigenvalue weighted by molar-refractivity contribution is 0.0377. The van der Waals surface area contributed by atoms with Gasteiger partial charge in [0, 0.05) is 0 Å². The minimum atomic E-state index is -0.662. The smallest absolute Gasteiger partial charge is 0.126 e. The van der Waals surface area contributed by atoms with E-state index >= 15 is 0 Å². The van der Waals surface area contributed by atoms with E-state index in [1.807, 2.05) is 0 Å². The summed E-state index contributed by atoms with van der Waals surface area (Å²) in [5.41, 5.74) is 0.855. The van der Waals surface area contributed by atoms with Crippen molar-refractivity contribution in [2.45, 2.75) is 25.0 Å². The molecule has 0 spiro atoms. The highest BCUT2D eigenvalue weighted by molar-refractivity contribution is 6.18. The first-order valence-electron chi connectivity index (χ1n) is 4.90. The molecule has 0 aromatic heterocycles. The molecule has 1 aliphatic rings. The number of hydrogen-bond donors (Lipinski definition) is 1. The molecule has 4 heteroatoms. The van der Waals surface area contributed by atoms with E-state index in [1.54, 1.807) is 6.07 Å². The molecule has 1 unspecified atom stereocenters. The first-order valence-corrected chi connectivity index (χ1v) is 5.43. The van der Waals surface area contributed by atoms with Gasteiger partial charge in [-0.15, -0.1) is 11.6 Å². The summed E-state index contributed by atoms with van der Waals surface area (Å²) in [5.74, 6) is 0.548. The van der Waals surface area contributed by atoms with E-state index in [0.29, 0.717) is 18.6 Å². The monoisotopic (exact) mass is 230 g/mol. The zero-order valence-corrected chi connectivity index (χ0v) is 8.88. The van der Waals surface area contributed by atoms with Gasteiger partial charge in [0.2, 0.25) is 0 Å². The molecule has 2 nitrogen and oxygen atoms in total. The minimum Gasteiger partial charge on any atom is -0.487 e. The highest BCUT2D eigenvalue weighted by Crippen LogP contribution is 2.29. The summed E-state index contributed by atoms with van der Waals surface area (Å²) in [6.45, 7) is 0. The Kier molecular flexibility index (Phi) is 3.12. The standard InChI is InChI=1S/C11H12ClFO2/c12-6-9(14)11-3-1-7-5-8(13)2-4-10(7)15-11/h2,4-5,9,11,14H,1,3,6H2/t9-,11?/m0/s1. The Labute approximate surface area is 92.6 Å². The second kappa shape index (κ2) is 4.37. The normalized spacial score (nSPS) is 21.7. The largest absolute Gasteiger partial charge is 0.487 e. The Balaban J connectivity index is 2.16. The third kappa shape index (κ3) is 2.24. The molecule has 0 aliphatic carbocycles. The summed E-state index contributed by atoms with van der Waals surface area (Å²) < 4.78 is 18.4. The molecule has 1 aliphatic heterocycles. The topological polar surface area (TPSA) is 29.5 Å². The molecule has 0 fully saturated rings. The van der Waals surface area contributed by atoms with Crippen molar-refractivity contribution in [1.29, 1.82) is 0 Å². The van der Waals surface area contributed by atoms with Gasteiger partial charge in [0.25, 0.3) is 0 Å². The van der Waals surface area contributed by atoms with E-state index in [9.17, 15) is 9.50 Å². The summed E-state index contributed by atoms with van der Waals surface area (Å²) >= 11 is 5.55. The number of fused-ring (bicyclic) bond motifs is 1. The van der Waals surface area contributed by atoms with Crippen LogP contribution in [0.4, 0.5) is 4.39 Å². The Morgan fingerprint density at radius 3 is 3.13 bits per heavy atom. The maximum Gasteiger partial charge on any atom is 0.126 e. The van der Waals surface area contributed by atoms with Crippen LogP contribution in [-0.4, -0.2) is 23.2 Å². The van der Waals surface area contributed by atoms with Gasteiger partial charge in [-0.05, 0) is 36.6 Å². The molecular weight excluding hydrogens is 219 g/mol. The Morgan fingerprint density at radius 2 is 2.40 bits per heavy atom. The maximum atomic E-state index is 12.9. The van der Waals surface area contributed by atoms with Crippen LogP contribution in [-0.2, 0) is 6.42 Å². The van der Waals surface area contributed by atoms with Crippen LogP contribution >= 0.6 is 11.6 Å². The minimum absolute atomic E-state index is 0.154. The van der Waals surface area contributed by atoms with Crippen LogP contribution in [0, 0.1) is 5.82 Å². The van der Waals surface area contributed by atoms with Gasteiger partial charge in [0.05, 0.1) is 5.88 Å². The molecule has 2 rings (SSSR count). The number of benzene rings is 1. The Morgan fingerprint density at radius 1 is 1.60 bits per heavy atom. The van der Waals surface area contributed by atoms with Crippen molar-refractivity contribution in [3.63, 3.8) is 0 Å². The quantitative estimate of drug-likeness (QED) is 0.789. The first kappa shape index (κ1) is 10.7. The van der Waals surface area contributed by atoms with Crippen molar-refractivity contribution in [2.24, 2.45) is 0 Å².